The highest BCUT2D eigenvalue weighted by Crippen LogP contribution is 2.48. The van der Waals surface area contributed by atoms with E-state index in [0.717, 1.165) is 26.2 Å². The highest BCUT2D eigenvalue weighted by molar-refractivity contribution is 5.88. The van der Waals surface area contributed by atoms with Crippen LogP contribution in [0.25, 0.3) is 0 Å². The predicted molar refractivity (Wildman–Crippen MR) is 112 cm³/mol. The van der Waals surface area contributed by atoms with Crippen LogP contribution >= 0.6 is 0 Å². The van der Waals surface area contributed by atoms with Crippen molar-refractivity contribution in [3.8, 4) is 0 Å². The molecule has 0 saturated carbocycles. The lowest BCUT2D eigenvalue weighted by molar-refractivity contribution is 0.813. The van der Waals surface area contributed by atoms with E-state index in [0.29, 0.717) is 0 Å². The Morgan fingerprint density at radius 1 is 0.462 bits per heavy atom. The van der Waals surface area contributed by atoms with Gasteiger partial charge in [-0.05, 0) is 52.0 Å². The molecule has 2 aliphatic rings. The molecule has 0 aliphatic carbocycles. The number of para-hydroxylation sites is 4. The van der Waals surface area contributed by atoms with E-state index in [2.05, 4.69) is 95.8 Å². The van der Waals surface area contributed by atoms with Gasteiger partial charge in [0.15, 0.2) is 11.6 Å². The summed E-state index contributed by atoms with van der Waals surface area (Å²) in [6, 6.07) is 17.5. The van der Waals surface area contributed by atoms with E-state index in [1.807, 2.05) is 0 Å². The van der Waals surface area contributed by atoms with Crippen molar-refractivity contribution in [2.24, 2.45) is 0 Å². The van der Waals surface area contributed by atoms with Gasteiger partial charge in [-0.25, -0.2) is 0 Å². The fraction of sp³-hybridized carbons (Fsp3) is 0.364. The molecular formula is C22H28N4. The molecule has 26 heavy (non-hydrogen) atoms. The van der Waals surface area contributed by atoms with Crippen LogP contribution in [0.3, 0.4) is 0 Å². The minimum Gasteiger partial charge on any atom is -0.323 e. The number of benzene rings is 2. The number of rotatable bonds is 4. The molecule has 0 saturated heterocycles. The number of hydrogen-bond donors (Lipinski definition) is 0. The van der Waals surface area contributed by atoms with E-state index in [4.69, 9.17) is 0 Å². The SMILES string of the molecule is CCN1C(=C2N(CC)c3ccccc3N2CC)N(CC)c2ccccc21. The van der Waals surface area contributed by atoms with Crippen molar-refractivity contribution in [2.45, 2.75) is 27.7 Å². The molecule has 0 N–H and O–H groups in total. The molecule has 0 spiro atoms. The van der Waals surface area contributed by atoms with Crippen LogP contribution in [0.1, 0.15) is 27.7 Å². The van der Waals surface area contributed by atoms with Gasteiger partial charge >= 0.3 is 0 Å². The van der Waals surface area contributed by atoms with Crippen molar-refractivity contribution in [1.82, 2.24) is 0 Å². The summed E-state index contributed by atoms with van der Waals surface area (Å²) in [5.41, 5.74) is 5.23. The van der Waals surface area contributed by atoms with E-state index in [1.165, 1.54) is 34.4 Å². The molecule has 2 aromatic carbocycles. The summed E-state index contributed by atoms with van der Waals surface area (Å²) >= 11 is 0. The summed E-state index contributed by atoms with van der Waals surface area (Å²) in [4.78, 5) is 9.85. The Balaban J connectivity index is 1.97. The molecule has 0 bridgehead atoms. The Kier molecular flexibility index (Phi) is 4.27. The molecule has 2 heterocycles. The molecule has 0 amide bonds. The molecule has 4 heteroatoms. The normalized spacial score (nSPS) is 15.8. The Morgan fingerprint density at radius 3 is 0.885 bits per heavy atom. The number of nitrogens with zero attached hydrogens (tertiary/aromatic N) is 4. The quantitative estimate of drug-likeness (QED) is 0.783. The van der Waals surface area contributed by atoms with Crippen molar-refractivity contribution in [2.75, 3.05) is 45.8 Å². The monoisotopic (exact) mass is 348 g/mol. The van der Waals surface area contributed by atoms with Crippen molar-refractivity contribution >= 4 is 22.7 Å². The summed E-state index contributed by atoms with van der Waals surface area (Å²) in [5, 5.41) is 0. The molecule has 0 aromatic heterocycles. The third-order valence-corrected chi connectivity index (χ3v) is 5.41. The van der Waals surface area contributed by atoms with Crippen LogP contribution < -0.4 is 19.6 Å². The van der Waals surface area contributed by atoms with Crippen molar-refractivity contribution in [1.29, 1.82) is 0 Å². The second kappa shape index (κ2) is 6.60. The summed E-state index contributed by atoms with van der Waals surface area (Å²) < 4.78 is 0. The third-order valence-electron chi connectivity index (χ3n) is 5.41. The van der Waals surface area contributed by atoms with Crippen LogP contribution in [0.2, 0.25) is 0 Å². The van der Waals surface area contributed by atoms with Crippen LogP contribution in [0.4, 0.5) is 22.7 Å². The number of anilines is 4. The number of fused-ring (bicyclic) bond motifs is 2. The summed E-state index contributed by atoms with van der Waals surface area (Å²) in [6.07, 6.45) is 0. The van der Waals surface area contributed by atoms with Gasteiger partial charge in [-0.3, -0.25) is 0 Å². The van der Waals surface area contributed by atoms with Crippen molar-refractivity contribution in [3.05, 3.63) is 60.2 Å². The van der Waals surface area contributed by atoms with E-state index in [9.17, 15) is 0 Å². The second-order valence-electron chi connectivity index (χ2n) is 6.60. The standard InChI is InChI=1S/C22H28N4/c1-5-23-17-13-9-10-14-18(17)24(6-2)21(23)22-25(7-3)19-15-11-12-16-20(19)26(22)8-4/h9-16H,5-8H2,1-4H3. The summed E-state index contributed by atoms with van der Waals surface area (Å²) in [5.74, 6) is 2.60. The first kappa shape index (κ1) is 16.8. The summed E-state index contributed by atoms with van der Waals surface area (Å²) in [7, 11) is 0. The Labute approximate surface area is 156 Å². The van der Waals surface area contributed by atoms with Gasteiger partial charge < -0.3 is 19.6 Å². The summed E-state index contributed by atoms with van der Waals surface area (Å²) in [6.45, 7) is 12.8. The first-order chi connectivity index (χ1) is 12.8. The van der Waals surface area contributed by atoms with E-state index in [1.54, 1.807) is 0 Å². The smallest absolute Gasteiger partial charge is 0.156 e. The highest BCUT2D eigenvalue weighted by atomic mass is 15.5. The minimum atomic E-state index is 0.956. The van der Waals surface area contributed by atoms with Crippen LogP contribution in [-0.4, -0.2) is 26.2 Å². The topological polar surface area (TPSA) is 13.0 Å². The molecule has 2 aliphatic heterocycles. The zero-order valence-electron chi connectivity index (χ0n) is 16.2. The molecule has 4 nitrogen and oxygen atoms in total. The lowest BCUT2D eigenvalue weighted by Crippen LogP contribution is -2.39. The zero-order valence-corrected chi connectivity index (χ0v) is 16.2. The molecule has 0 unspecified atom stereocenters. The molecule has 4 rings (SSSR count). The van der Waals surface area contributed by atoms with Gasteiger partial charge in [-0.2, -0.15) is 0 Å². The van der Waals surface area contributed by atoms with Gasteiger partial charge in [0.25, 0.3) is 0 Å². The van der Waals surface area contributed by atoms with Crippen molar-refractivity contribution in [3.63, 3.8) is 0 Å². The Morgan fingerprint density at radius 2 is 0.692 bits per heavy atom. The van der Waals surface area contributed by atoms with E-state index < -0.39 is 0 Å². The van der Waals surface area contributed by atoms with Gasteiger partial charge in [0, 0.05) is 26.2 Å². The Bertz CT molecular complexity index is 706. The van der Waals surface area contributed by atoms with E-state index >= 15 is 0 Å². The maximum absolute atomic E-state index is 2.46. The highest BCUT2D eigenvalue weighted by Gasteiger charge is 2.39. The van der Waals surface area contributed by atoms with Crippen LogP contribution in [0.15, 0.2) is 60.2 Å². The maximum Gasteiger partial charge on any atom is 0.156 e. The molecular weight excluding hydrogens is 320 g/mol. The first-order valence-corrected chi connectivity index (χ1v) is 9.79. The average Bonchev–Trinajstić information content (AvgIpc) is 3.18. The zero-order chi connectivity index (χ0) is 18.3. The van der Waals surface area contributed by atoms with Crippen LogP contribution in [-0.2, 0) is 0 Å². The average molecular weight is 348 g/mol. The molecule has 2 aromatic rings. The van der Waals surface area contributed by atoms with Gasteiger partial charge in [-0.1, -0.05) is 24.3 Å². The fourth-order valence-electron chi connectivity index (χ4n) is 4.35. The maximum atomic E-state index is 2.46. The largest absolute Gasteiger partial charge is 0.323 e. The molecule has 0 radical (unpaired) electrons. The first-order valence-electron chi connectivity index (χ1n) is 9.79. The Hall–Kier alpha value is -2.62. The van der Waals surface area contributed by atoms with Gasteiger partial charge in [0.1, 0.15) is 0 Å². The fourth-order valence-corrected chi connectivity index (χ4v) is 4.35. The predicted octanol–water partition coefficient (Wildman–Crippen LogP) is 4.85. The van der Waals surface area contributed by atoms with Crippen LogP contribution in [0.5, 0.6) is 0 Å². The lowest BCUT2D eigenvalue weighted by Gasteiger charge is -2.32. The van der Waals surface area contributed by atoms with Gasteiger partial charge in [0.2, 0.25) is 0 Å². The molecule has 0 fully saturated rings. The van der Waals surface area contributed by atoms with Crippen LogP contribution in [0, 0.1) is 0 Å². The molecule has 0 atom stereocenters. The number of hydrogen-bond acceptors (Lipinski definition) is 4. The molecule has 136 valence electrons. The van der Waals surface area contributed by atoms with Crippen molar-refractivity contribution < 1.29 is 0 Å². The minimum absolute atomic E-state index is 0.956. The van der Waals surface area contributed by atoms with Gasteiger partial charge in [-0.15, -0.1) is 0 Å². The second-order valence-corrected chi connectivity index (χ2v) is 6.60. The third kappa shape index (κ3) is 2.21. The lowest BCUT2D eigenvalue weighted by atomic mass is 10.2. The van der Waals surface area contributed by atoms with E-state index in [-0.39, 0.29) is 0 Å². The van der Waals surface area contributed by atoms with Gasteiger partial charge in [0.05, 0.1) is 22.7 Å².